The van der Waals surface area contributed by atoms with Crippen molar-refractivity contribution in [1.82, 2.24) is 10.6 Å². The first-order valence-electron chi connectivity index (χ1n) is 11.9. The van der Waals surface area contributed by atoms with Crippen molar-refractivity contribution >= 4 is 17.5 Å². The van der Waals surface area contributed by atoms with E-state index in [1.807, 2.05) is 42.5 Å². The van der Waals surface area contributed by atoms with Gasteiger partial charge >= 0.3 is 0 Å². The molecule has 33 heavy (non-hydrogen) atoms. The Hall–Kier alpha value is -2.90. The molecule has 3 N–H and O–H groups in total. The number of benzene rings is 2. The largest absolute Gasteiger partial charge is 0.484 e. The van der Waals surface area contributed by atoms with E-state index in [1.54, 1.807) is 11.0 Å². The molecule has 3 rings (SSSR count). The Kier molecular flexibility index (Phi) is 10.2. The van der Waals surface area contributed by atoms with Crippen molar-refractivity contribution in [1.29, 1.82) is 0 Å². The second kappa shape index (κ2) is 13.6. The van der Waals surface area contributed by atoms with Gasteiger partial charge in [-0.05, 0) is 61.7 Å². The molecule has 7 nitrogen and oxygen atoms in total. The first-order valence-corrected chi connectivity index (χ1v) is 11.9. The van der Waals surface area contributed by atoms with E-state index < -0.39 is 0 Å². The van der Waals surface area contributed by atoms with E-state index in [2.05, 4.69) is 10.6 Å². The van der Waals surface area contributed by atoms with Gasteiger partial charge in [0.2, 0.25) is 0 Å². The van der Waals surface area contributed by atoms with Gasteiger partial charge in [0, 0.05) is 37.5 Å². The van der Waals surface area contributed by atoms with E-state index >= 15 is 0 Å². The van der Waals surface area contributed by atoms with Crippen LogP contribution >= 0.6 is 0 Å². The predicted octanol–water partition coefficient (Wildman–Crippen LogP) is 3.26. The molecule has 0 atom stereocenters. The van der Waals surface area contributed by atoms with Crippen LogP contribution in [0.25, 0.3) is 0 Å². The van der Waals surface area contributed by atoms with Crippen molar-refractivity contribution < 1.29 is 19.4 Å². The van der Waals surface area contributed by atoms with E-state index in [0.29, 0.717) is 37.4 Å². The van der Waals surface area contributed by atoms with Crippen molar-refractivity contribution in [3.05, 3.63) is 59.7 Å². The smallest absolute Gasteiger partial charge is 0.264 e. The van der Waals surface area contributed by atoms with Gasteiger partial charge in [0.15, 0.2) is 6.61 Å². The van der Waals surface area contributed by atoms with Crippen LogP contribution in [-0.2, 0) is 11.3 Å². The number of nitrogens with one attached hydrogen (secondary N) is 2. The summed E-state index contributed by atoms with van der Waals surface area (Å²) in [5.74, 6) is 0.386. The SMILES string of the molecule is O=C(NCCCO)c1ccc2c(c1)CNCCCCCCCN2C(=O)COc1ccccc1. The Labute approximate surface area is 196 Å². The van der Waals surface area contributed by atoms with Crippen LogP contribution in [-0.4, -0.2) is 49.8 Å². The van der Waals surface area contributed by atoms with Gasteiger partial charge in [-0.3, -0.25) is 9.59 Å². The van der Waals surface area contributed by atoms with Crippen molar-refractivity contribution in [3.8, 4) is 5.75 Å². The lowest BCUT2D eigenvalue weighted by atomic mass is 10.0. The number of hydrogen-bond donors (Lipinski definition) is 3. The summed E-state index contributed by atoms with van der Waals surface area (Å²) in [6, 6.07) is 14.8. The second-order valence-corrected chi connectivity index (χ2v) is 8.27. The summed E-state index contributed by atoms with van der Waals surface area (Å²) in [6.07, 6.45) is 5.95. The molecule has 0 radical (unpaired) electrons. The summed E-state index contributed by atoms with van der Waals surface area (Å²) in [5, 5.41) is 15.2. The average molecular weight is 454 g/mol. The second-order valence-electron chi connectivity index (χ2n) is 8.27. The lowest BCUT2D eigenvalue weighted by Gasteiger charge is -2.26. The maximum atomic E-state index is 13.2. The molecule has 0 bridgehead atoms. The average Bonchev–Trinajstić information content (AvgIpc) is 2.83. The van der Waals surface area contributed by atoms with Gasteiger partial charge in [-0.25, -0.2) is 0 Å². The summed E-state index contributed by atoms with van der Waals surface area (Å²) >= 11 is 0. The number of nitrogens with zero attached hydrogens (tertiary/aromatic N) is 1. The molecule has 0 spiro atoms. The molecular formula is C26H35N3O4. The van der Waals surface area contributed by atoms with Crippen LogP contribution in [0.4, 0.5) is 5.69 Å². The summed E-state index contributed by atoms with van der Waals surface area (Å²) in [5.41, 5.74) is 2.28. The van der Waals surface area contributed by atoms with Gasteiger partial charge in [0.25, 0.3) is 11.8 Å². The van der Waals surface area contributed by atoms with Crippen LogP contribution in [0.5, 0.6) is 5.75 Å². The molecule has 2 aromatic rings. The number of aliphatic hydroxyl groups is 1. The number of para-hydroxylation sites is 1. The zero-order valence-corrected chi connectivity index (χ0v) is 19.2. The Morgan fingerprint density at radius 2 is 1.82 bits per heavy atom. The van der Waals surface area contributed by atoms with E-state index in [-0.39, 0.29) is 25.0 Å². The van der Waals surface area contributed by atoms with E-state index in [0.717, 1.165) is 49.9 Å². The Bertz CT molecular complexity index is 888. The minimum Gasteiger partial charge on any atom is -0.484 e. The number of aliphatic hydroxyl groups excluding tert-OH is 1. The molecule has 0 saturated heterocycles. The van der Waals surface area contributed by atoms with Crippen LogP contribution in [0, 0.1) is 0 Å². The topological polar surface area (TPSA) is 90.9 Å². The molecule has 2 aromatic carbocycles. The molecule has 0 unspecified atom stereocenters. The van der Waals surface area contributed by atoms with Gasteiger partial charge in [0.05, 0.1) is 0 Å². The maximum Gasteiger partial charge on any atom is 0.264 e. The highest BCUT2D eigenvalue weighted by atomic mass is 16.5. The maximum absolute atomic E-state index is 13.2. The quantitative estimate of drug-likeness (QED) is 0.560. The number of fused-ring (bicyclic) bond motifs is 1. The van der Waals surface area contributed by atoms with Crippen molar-refractivity contribution in [2.45, 2.75) is 45.1 Å². The number of carbonyl (C=O) groups excluding carboxylic acids is 2. The van der Waals surface area contributed by atoms with Gasteiger partial charge in [0.1, 0.15) is 5.75 Å². The molecule has 0 aromatic heterocycles. The monoisotopic (exact) mass is 453 g/mol. The molecule has 0 saturated carbocycles. The van der Waals surface area contributed by atoms with Crippen molar-refractivity contribution in [2.75, 3.05) is 37.7 Å². The fraction of sp³-hybridized carbons (Fsp3) is 0.462. The first-order chi connectivity index (χ1) is 16.2. The molecule has 1 heterocycles. The Morgan fingerprint density at radius 1 is 1.03 bits per heavy atom. The number of anilines is 1. The third kappa shape index (κ3) is 7.87. The van der Waals surface area contributed by atoms with Crippen LogP contribution < -0.4 is 20.3 Å². The molecule has 2 amide bonds. The summed E-state index contributed by atoms with van der Waals surface area (Å²) in [4.78, 5) is 27.6. The highest BCUT2D eigenvalue weighted by Crippen LogP contribution is 2.24. The molecule has 0 aliphatic carbocycles. The highest BCUT2D eigenvalue weighted by Gasteiger charge is 2.21. The third-order valence-electron chi connectivity index (χ3n) is 5.71. The molecule has 1 aliphatic heterocycles. The lowest BCUT2D eigenvalue weighted by Crippen LogP contribution is -2.37. The predicted molar refractivity (Wildman–Crippen MR) is 130 cm³/mol. The standard InChI is InChI=1S/C26H35N3O4/c30-17-9-15-28-26(32)21-12-13-24-22(18-21)19-27-14-7-2-1-3-8-16-29(24)25(31)20-33-23-10-5-4-6-11-23/h4-6,10-13,18,27,30H,1-3,7-9,14-17,19-20H2,(H,28,32). The summed E-state index contributed by atoms with van der Waals surface area (Å²) in [7, 11) is 0. The van der Waals surface area contributed by atoms with E-state index in [9.17, 15) is 9.59 Å². The Morgan fingerprint density at radius 3 is 2.64 bits per heavy atom. The molecule has 1 aliphatic rings. The zero-order valence-electron chi connectivity index (χ0n) is 19.2. The molecule has 0 fully saturated rings. The number of amides is 2. The summed E-state index contributed by atoms with van der Waals surface area (Å²) in [6.45, 7) is 2.52. The summed E-state index contributed by atoms with van der Waals surface area (Å²) < 4.78 is 5.73. The van der Waals surface area contributed by atoms with E-state index in [4.69, 9.17) is 9.84 Å². The van der Waals surface area contributed by atoms with Gasteiger partial charge in [-0.1, -0.05) is 37.5 Å². The fourth-order valence-electron chi connectivity index (χ4n) is 3.91. The van der Waals surface area contributed by atoms with Crippen molar-refractivity contribution in [2.24, 2.45) is 0 Å². The number of rotatable bonds is 7. The molecule has 178 valence electrons. The molecular weight excluding hydrogens is 418 g/mol. The van der Waals surface area contributed by atoms with Crippen LogP contribution in [0.15, 0.2) is 48.5 Å². The zero-order chi connectivity index (χ0) is 23.3. The fourth-order valence-corrected chi connectivity index (χ4v) is 3.91. The van der Waals surface area contributed by atoms with Crippen LogP contribution in [0.1, 0.15) is 54.4 Å². The van der Waals surface area contributed by atoms with Crippen LogP contribution in [0.2, 0.25) is 0 Å². The van der Waals surface area contributed by atoms with Gasteiger partial charge in [-0.2, -0.15) is 0 Å². The van der Waals surface area contributed by atoms with E-state index in [1.165, 1.54) is 0 Å². The minimum absolute atomic E-state index is 0.0382. The molecule has 7 heteroatoms. The minimum atomic E-state index is -0.178. The Balaban J connectivity index is 1.81. The number of hydrogen-bond acceptors (Lipinski definition) is 5. The first kappa shape index (κ1) is 24.7. The highest BCUT2D eigenvalue weighted by molar-refractivity contribution is 5.98. The van der Waals surface area contributed by atoms with Crippen molar-refractivity contribution in [3.63, 3.8) is 0 Å². The van der Waals surface area contributed by atoms with Gasteiger partial charge < -0.3 is 25.4 Å². The normalized spacial score (nSPS) is 15.0. The number of carbonyl (C=O) groups is 2. The lowest BCUT2D eigenvalue weighted by molar-refractivity contribution is -0.120. The third-order valence-corrected chi connectivity index (χ3v) is 5.71. The van der Waals surface area contributed by atoms with Crippen LogP contribution in [0.3, 0.4) is 0 Å². The van der Waals surface area contributed by atoms with Gasteiger partial charge in [-0.15, -0.1) is 0 Å². The number of ether oxygens (including phenoxy) is 1.